The van der Waals surface area contributed by atoms with E-state index in [2.05, 4.69) is 15.9 Å². The quantitative estimate of drug-likeness (QED) is 0.693. The highest BCUT2D eigenvalue weighted by Crippen LogP contribution is 2.17. The number of benzene rings is 2. The summed E-state index contributed by atoms with van der Waals surface area (Å²) in [6.45, 7) is 2.14. The van der Waals surface area contributed by atoms with Crippen LogP contribution in [0.25, 0.3) is 0 Å². The molecule has 0 aliphatic heterocycles. The fourth-order valence-corrected chi connectivity index (χ4v) is 2.15. The second-order valence-corrected chi connectivity index (χ2v) is 5.21. The van der Waals surface area contributed by atoms with E-state index in [0.29, 0.717) is 11.3 Å². The Bertz CT molecular complexity index is 611. The van der Waals surface area contributed by atoms with Crippen LogP contribution in [-0.2, 0) is 11.3 Å². The summed E-state index contributed by atoms with van der Waals surface area (Å²) in [6, 6.07) is 12.9. The van der Waals surface area contributed by atoms with E-state index in [9.17, 15) is 4.79 Å². The topological polar surface area (TPSA) is 52.3 Å². The van der Waals surface area contributed by atoms with E-state index < -0.39 is 5.97 Å². The number of halogens is 1. The summed E-state index contributed by atoms with van der Waals surface area (Å²) < 4.78 is 6.22. The number of hydrogen-bond acceptors (Lipinski definition) is 3. The van der Waals surface area contributed by atoms with Gasteiger partial charge in [0.1, 0.15) is 6.61 Å². The smallest absolute Gasteiger partial charge is 0.340 e. The first-order valence-electron chi connectivity index (χ1n) is 5.84. The molecule has 2 aromatic rings. The van der Waals surface area contributed by atoms with Crippen LogP contribution in [0.5, 0.6) is 0 Å². The van der Waals surface area contributed by atoms with Crippen LogP contribution in [0.1, 0.15) is 21.5 Å². The standard InChI is InChI=1S/C15H14BrNO2/c1-10-5-6-14(17)13(7-10)15(18)19-9-11-3-2-4-12(16)8-11/h2-8H,9,17H2,1H3. The summed E-state index contributed by atoms with van der Waals surface area (Å²) >= 11 is 3.37. The molecule has 0 atom stereocenters. The minimum absolute atomic E-state index is 0.228. The highest BCUT2D eigenvalue weighted by molar-refractivity contribution is 9.10. The van der Waals surface area contributed by atoms with Gasteiger partial charge >= 0.3 is 5.97 Å². The lowest BCUT2D eigenvalue weighted by molar-refractivity contribution is 0.0474. The summed E-state index contributed by atoms with van der Waals surface area (Å²) in [6.07, 6.45) is 0. The first kappa shape index (κ1) is 13.6. The summed E-state index contributed by atoms with van der Waals surface area (Å²) in [5.41, 5.74) is 8.52. The predicted octanol–water partition coefficient (Wildman–Crippen LogP) is 3.70. The van der Waals surface area contributed by atoms with Gasteiger partial charge in [-0.15, -0.1) is 0 Å². The van der Waals surface area contributed by atoms with Gasteiger partial charge in [-0.25, -0.2) is 4.79 Å². The Morgan fingerprint density at radius 1 is 1.26 bits per heavy atom. The van der Waals surface area contributed by atoms with Crippen LogP contribution < -0.4 is 5.73 Å². The van der Waals surface area contributed by atoms with Crippen molar-refractivity contribution in [2.75, 3.05) is 5.73 Å². The van der Waals surface area contributed by atoms with Gasteiger partial charge in [-0.3, -0.25) is 0 Å². The number of carbonyl (C=O) groups excluding carboxylic acids is 1. The Labute approximate surface area is 120 Å². The molecule has 3 nitrogen and oxygen atoms in total. The minimum atomic E-state index is -0.402. The second kappa shape index (κ2) is 5.89. The molecule has 0 heterocycles. The van der Waals surface area contributed by atoms with E-state index in [1.54, 1.807) is 12.1 Å². The molecule has 0 fully saturated rings. The van der Waals surface area contributed by atoms with Gasteiger partial charge in [0, 0.05) is 10.2 Å². The highest BCUT2D eigenvalue weighted by atomic mass is 79.9. The summed E-state index contributed by atoms with van der Waals surface area (Å²) in [5.74, 6) is -0.402. The minimum Gasteiger partial charge on any atom is -0.457 e. The Morgan fingerprint density at radius 2 is 2.05 bits per heavy atom. The van der Waals surface area contributed by atoms with Gasteiger partial charge < -0.3 is 10.5 Å². The second-order valence-electron chi connectivity index (χ2n) is 4.30. The number of nitrogen functional groups attached to an aromatic ring is 1. The molecule has 0 unspecified atom stereocenters. The van der Waals surface area contributed by atoms with Gasteiger partial charge in [0.2, 0.25) is 0 Å². The highest BCUT2D eigenvalue weighted by Gasteiger charge is 2.11. The largest absolute Gasteiger partial charge is 0.457 e. The maximum Gasteiger partial charge on any atom is 0.340 e. The summed E-state index contributed by atoms with van der Waals surface area (Å²) in [4.78, 5) is 12.0. The third kappa shape index (κ3) is 3.58. The zero-order valence-corrected chi connectivity index (χ0v) is 12.1. The molecule has 0 aliphatic rings. The lowest BCUT2D eigenvalue weighted by Gasteiger charge is -2.08. The van der Waals surface area contributed by atoms with Crippen molar-refractivity contribution in [3.05, 3.63) is 63.6 Å². The molecule has 2 rings (SSSR count). The van der Waals surface area contributed by atoms with Gasteiger partial charge in [-0.2, -0.15) is 0 Å². The maximum absolute atomic E-state index is 12.0. The molecule has 0 aromatic heterocycles. The number of rotatable bonds is 3. The lowest BCUT2D eigenvalue weighted by atomic mass is 10.1. The van der Waals surface area contributed by atoms with Crippen molar-refractivity contribution < 1.29 is 9.53 Å². The van der Waals surface area contributed by atoms with Gasteiger partial charge in [0.25, 0.3) is 0 Å². The molecular formula is C15H14BrNO2. The normalized spacial score (nSPS) is 10.2. The van der Waals surface area contributed by atoms with E-state index in [4.69, 9.17) is 10.5 Å². The van der Waals surface area contributed by atoms with Crippen LogP contribution >= 0.6 is 15.9 Å². The molecule has 98 valence electrons. The molecule has 0 saturated heterocycles. The molecule has 0 radical (unpaired) electrons. The van der Waals surface area contributed by atoms with Crippen LogP contribution in [0.15, 0.2) is 46.9 Å². The average molecular weight is 320 g/mol. The predicted molar refractivity (Wildman–Crippen MR) is 78.9 cm³/mol. The van der Waals surface area contributed by atoms with E-state index in [0.717, 1.165) is 15.6 Å². The first-order valence-corrected chi connectivity index (χ1v) is 6.63. The number of anilines is 1. The summed E-state index contributed by atoms with van der Waals surface area (Å²) in [7, 11) is 0. The number of aryl methyl sites for hydroxylation is 1. The maximum atomic E-state index is 12.0. The van der Waals surface area contributed by atoms with Crippen molar-refractivity contribution in [1.29, 1.82) is 0 Å². The van der Waals surface area contributed by atoms with Gasteiger partial charge in [-0.05, 0) is 36.8 Å². The van der Waals surface area contributed by atoms with E-state index >= 15 is 0 Å². The average Bonchev–Trinajstić information content (AvgIpc) is 2.39. The molecule has 4 heteroatoms. The lowest BCUT2D eigenvalue weighted by Crippen LogP contribution is -2.08. The van der Waals surface area contributed by atoms with Crippen molar-refractivity contribution in [1.82, 2.24) is 0 Å². The number of nitrogens with two attached hydrogens (primary N) is 1. The van der Waals surface area contributed by atoms with Crippen molar-refractivity contribution >= 4 is 27.6 Å². The Morgan fingerprint density at radius 3 is 2.79 bits per heavy atom. The zero-order valence-electron chi connectivity index (χ0n) is 10.5. The molecule has 19 heavy (non-hydrogen) atoms. The molecule has 0 bridgehead atoms. The molecule has 2 aromatic carbocycles. The monoisotopic (exact) mass is 319 g/mol. The molecule has 0 spiro atoms. The third-order valence-corrected chi connectivity index (χ3v) is 3.18. The first-order chi connectivity index (χ1) is 9.06. The van der Waals surface area contributed by atoms with E-state index in [1.807, 2.05) is 37.3 Å². The fourth-order valence-electron chi connectivity index (χ4n) is 1.70. The Hall–Kier alpha value is -1.81. The Kier molecular flexibility index (Phi) is 4.22. The molecule has 2 N–H and O–H groups in total. The SMILES string of the molecule is Cc1ccc(N)c(C(=O)OCc2cccc(Br)c2)c1. The number of ether oxygens (including phenoxy) is 1. The molecule has 0 amide bonds. The van der Waals surface area contributed by atoms with Crippen LogP contribution in [-0.4, -0.2) is 5.97 Å². The van der Waals surface area contributed by atoms with Crippen molar-refractivity contribution in [3.63, 3.8) is 0 Å². The fraction of sp³-hybridized carbons (Fsp3) is 0.133. The number of carbonyl (C=O) groups is 1. The molecule has 0 saturated carbocycles. The number of hydrogen-bond donors (Lipinski definition) is 1. The van der Waals surface area contributed by atoms with Gasteiger partial charge in [0.15, 0.2) is 0 Å². The molecule has 0 aliphatic carbocycles. The van der Waals surface area contributed by atoms with Crippen molar-refractivity contribution in [2.45, 2.75) is 13.5 Å². The zero-order chi connectivity index (χ0) is 13.8. The molecular weight excluding hydrogens is 306 g/mol. The van der Waals surface area contributed by atoms with Gasteiger partial charge in [0.05, 0.1) is 5.56 Å². The van der Waals surface area contributed by atoms with E-state index in [-0.39, 0.29) is 6.61 Å². The van der Waals surface area contributed by atoms with Crippen molar-refractivity contribution in [2.24, 2.45) is 0 Å². The van der Waals surface area contributed by atoms with E-state index in [1.165, 1.54) is 0 Å². The van der Waals surface area contributed by atoms with Crippen LogP contribution in [0, 0.1) is 6.92 Å². The van der Waals surface area contributed by atoms with Crippen molar-refractivity contribution in [3.8, 4) is 0 Å². The third-order valence-electron chi connectivity index (χ3n) is 2.69. The van der Waals surface area contributed by atoms with Crippen LogP contribution in [0.2, 0.25) is 0 Å². The summed E-state index contributed by atoms with van der Waals surface area (Å²) in [5, 5.41) is 0. The van der Waals surface area contributed by atoms with Crippen LogP contribution in [0.4, 0.5) is 5.69 Å². The Balaban J connectivity index is 2.07. The number of esters is 1. The van der Waals surface area contributed by atoms with Crippen LogP contribution in [0.3, 0.4) is 0 Å². The van der Waals surface area contributed by atoms with Gasteiger partial charge in [-0.1, -0.05) is 39.7 Å².